The molecule has 0 amide bonds. The Morgan fingerprint density at radius 3 is 2.69 bits per heavy atom. The van der Waals surface area contributed by atoms with Gasteiger partial charge in [-0.25, -0.2) is 4.98 Å². The van der Waals surface area contributed by atoms with Crippen molar-refractivity contribution in [1.29, 1.82) is 0 Å². The van der Waals surface area contributed by atoms with Crippen molar-refractivity contribution in [2.75, 3.05) is 6.54 Å². The summed E-state index contributed by atoms with van der Waals surface area (Å²) in [4.78, 5) is 22.1. The third kappa shape index (κ3) is 3.84. The average Bonchev–Trinajstić information content (AvgIpc) is 3.46. The number of benzene rings is 1. The SMILES string of the molecule is O=c1[nH]c(-c2ccco2)nc2c1CN(Cc1cn[nH]c1-c1ccc(C(F)(F)F)cc1)CC2. The van der Waals surface area contributed by atoms with Crippen LogP contribution in [-0.4, -0.2) is 31.6 Å². The summed E-state index contributed by atoms with van der Waals surface area (Å²) in [5, 5.41) is 6.95. The molecule has 4 aromatic rings. The minimum absolute atomic E-state index is 0.207. The molecule has 0 saturated carbocycles. The van der Waals surface area contributed by atoms with Gasteiger partial charge in [-0.2, -0.15) is 18.3 Å². The smallest absolute Gasteiger partial charge is 0.416 e. The van der Waals surface area contributed by atoms with E-state index in [1.54, 1.807) is 18.3 Å². The topological polar surface area (TPSA) is 90.8 Å². The van der Waals surface area contributed by atoms with E-state index in [4.69, 9.17) is 4.42 Å². The summed E-state index contributed by atoms with van der Waals surface area (Å²) in [5.74, 6) is 0.915. The number of hydrogen-bond donors (Lipinski definition) is 2. The van der Waals surface area contributed by atoms with Crippen LogP contribution >= 0.6 is 0 Å². The molecule has 32 heavy (non-hydrogen) atoms. The third-order valence-electron chi connectivity index (χ3n) is 5.51. The highest BCUT2D eigenvalue weighted by Crippen LogP contribution is 2.31. The zero-order chi connectivity index (χ0) is 22.3. The maximum absolute atomic E-state index is 12.8. The summed E-state index contributed by atoms with van der Waals surface area (Å²) >= 11 is 0. The van der Waals surface area contributed by atoms with Gasteiger partial charge in [0.25, 0.3) is 5.56 Å². The summed E-state index contributed by atoms with van der Waals surface area (Å²) in [6.07, 6.45) is -0.602. The summed E-state index contributed by atoms with van der Waals surface area (Å²) in [6.45, 7) is 1.58. The van der Waals surface area contributed by atoms with Crippen molar-refractivity contribution in [3.05, 3.63) is 81.6 Å². The summed E-state index contributed by atoms with van der Waals surface area (Å²) in [5.41, 5.74) is 2.55. The first kappa shape index (κ1) is 20.3. The molecule has 1 aliphatic heterocycles. The Morgan fingerprint density at radius 2 is 1.97 bits per heavy atom. The number of H-pyrrole nitrogens is 2. The van der Waals surface area contributed by atoms with Crippen molar-refractivity contribution in [2.24, 2.45) is 0 Å². The minimum atomic E-state index is -4.38. The number of halogens is 3. The molecule has 1 aromatic carbocycles. The Hall–Kier alpha value is -3.66. The fraction of sp³-hybridized carbons (Fsp3) is 0.227. The molecule has 0 saturated heterocycles. The Kier molecular flexibility index (Phi) is 4.93. The van der Waals surface area contributed by atoms with E-state index in [0.717, 1.165) is 23.4 Å². The lowest BCUT2D eigenvalue weighted by molar-refractivity contribution is -0.137. The van der Waals surface area contributed by atoms with E-state index in [1.165, 1.54) is 18.4 Å². The summed E-state index contributed by atoms with van der Waals surface area (Å²) in [6, 6.07) is 8.43. The molecule has 0 fully saturated rings. The molecule has 0 atom stereocenters. The zero-order valence-electron chi connectivity index (χ0n) is 16.7. The second kappa shape index (κ2) is 7.79. The first-order valence-electron chi connectivity index (χ1n) is 9.96. The van der Waals surface area contributed by atoms with E-state index in [9.17, 15) is 18.0 Å². The summed E-state index contributed by atoms with van der Waals surface area (Å²) in [7, 11) is 0. The Morgan fingerprint density at radius 1 is 1.16 bits per heavy atom. The molecule has 0 unspecified atom stereocenters. The van der Waals surface area contributed by atoms with Crippen molar-refractivity contribution in [3.63, 3.8) is 0 Å². The van der Waals surface area contributed by atoms with Gasteiger partial charge in [0.15, 0.2) is 11.6 Å². The highest BCUT2D eigenvalue weighted by molar-refractivity contribution is 5.63. The van der Waals surface area contributed by atoms with Crippen molar-refractivity contribution in [2.45, 2.75) is 25.7 Å². The number of hydrogen-bond acceptors (Lipinski definition) is 5. The molecule has 4 heterocycles. The van der Waals surface area contributed by atoms with Gasteiger partial charge in [0.05, 0.1) is 35.0 Å². The van der Waals surface area contributed by atoms with Crippen LogP contribution in [0.2, 0.25) is 0 Å². The Balaban J connectivity index is 1.35. The molecule has 0 radical (unpaired) electrons. The van der Waals surface area contributed by atoms with Gasteiger partial charge < -0.3 is 9.40 Å². The quantitative estimate of drug-likeness (QED) is 0.500. The van der Waals surface area contributed by atoms with Crippen molar-refractivity contribution in [3.8, 4) is 22.8 Å². The molecule has 164 valence electrons. The van der Waals surface area contributed by atoms with E-state index in [-0.39, 0.29) is 5.56 Å². The fourth-order valence-corrected chi connectivity index (χ4v) is 3.89. The van der Waals surface area contributed by atoms with E-state index in [0.29, 0.717) is 54.5 Å². The second-order valence-electron chi connectivity index (χ2n) is 7.62. The number of rotatable bonds is 4. The number of aromatic amines is 2. The van der Waals surface area contributed by atoms with Gasteiger partial charge in [0, 0.05) is 31.6 Å². The minimum Gasteiger partial charge on any atom is -0.461 e. The van der Waals surface area contributed by atoms with E-state index >= 15 is 0 Å². The van der Waals surface area contributed by atoms with Gasteiger partial charge in [-0.15, -0.1) is 0 Å². The lowest BCUT2D eigenvalue weighted by atomic mass is 10.0. The van der Waals surface area contributed by atoms with Crippen LogP contribution in [0.3, 0.4) is 0 Å². The van der Waals surface area contributed by atoms with Crippen LogP contribution in [0.15, 0.2) is 58.1 Å². The highest BCUT2D eigenvalue weighted by Gasteiger charge is 2.30. The number of nitrogens with zero attached hydrogens (tertiary/aromatic N) is 3. The normalized spacial score (nSPS) is 14.5. The molecule has 10 heteroatoms. The number of alkyl halides is 3. The Bertz CT molecular complexity index is 1290. The molecule has 0 spiro atoms. The predicted molar refractivity (Wildman–Crippen MR) is 109 cm³/mol. The van der Waals surface area contributed by atoms with E-state index in [1.807, 2.05) is 0 Å². The van der Waals surface area contributed by atoms with Gasteiger partial charge in [-0.1, -0.05) is 12.1 Å². The van der Waals surface area contributed by atoms with E-state index in [2.05, 4.69) is 25.1 Å². The van der Waals surface area contributed by atoms with Gasteiger partial charge >= 0.3 is 6.18 Å². The van der Waals surface area contributed by atoms with Crippen LogP contribution in [0.4, 0.5) is 13.2 Å². The standard InChI is InChI=1S/C22H18F3N5O2/c23-22(24,25)15-5-3-13(4-6-15)19-14(10-26-29-19)11-30-8-7-17-16(12-30)21(31)28-20(27-17)18-2-1-9-32-18/h1-6,9-10H,7-8,11-12H2,(H,26,29)(H,27,28,31). The molecule has 7 nitrogen and oxygen atoms in total. The number of aromatic nitrogens is 4. The van der Waals surface area contributed by atoms with Crippen LogP contribution in [0, 0.1) is 0 Å². The molecule has 5 rings (SSSR count). The average molecular weight is 441 g/mol. The van der Waals surface area contributed by atoms with Gasteiger partial charge in [-0.05, 0) is 29.8 Å². The van der Waals surface area contributed by atoms with Gasteiger partial charge in [0.2, 0.25) is 0 Å². The third-order valence-corrected chi connectivity index (χ3v) is 5.51. The second-order valence-corrected chi connectivity index (χ2v) is 7.62. The number of furan rings is 1. The predicted octanol–water partition coefficient (Wildman–Crippen LogP) is 4.00. The lowest BCUT2D eigenvalue weighted by Gasteiger charge is -2.27. The molecule has 0 aliphatic carbocycles. The number of fused-ring (bicyclic) bond motifs is 1. The van der Waals surface area contributed by atoms with Crippen LogP contribution < -0.4 is 5.56 Å². The van der Waals surface area contributed by atoms with E-state index < -0.39 is 11.7 Å². The summed E-state index contributed by atoms with van der Waals surface area (Å²) < 4.78 is 43.9. The molecular formula is C22H18F3N5O2. The number of nitrogens with one attached hydrogen (secondary N) is 2. The molecule has 2 N–H and O–H groups in total. The van der Waals surface area contributed by atoms with Crippen LogP contribution in [0.5, 0.6) is 0 Å². The monoisotopic (exact) mass is 441 g/mol. The Labute approximate surface area is 179 Å². The lowest BCUT2D eigenvalue weighted by Crippen LogP contribution is -2.35. The van der Waals surface area contributed by atoms with Crippen molar-refractivity contribution < 1.29 is 17.6 Å². The van der Waals surface area contributed by atoms with Crippen molar-refractivity contribution in [1.82, 2.24) is 25.1 Å². The molecule has 3 aromatic heterocycles. The highest BCUT2D eigenvalue weighted by atomic mass is 19.4. The van der Waals surface area contributed by atoms with Crippen LogP contribution in [-0.2, 0) is 25.7 Å². The first-order valence-corrected chi connectivity index (χ1v) is 9.96. The largest absolute Gasteiger partial charge is 0.461 e. The molecular weight excluding hydrogens is 423 g/mol. The van der Waals surface area contributed by atoms with Gasteiger partial charge in [-0.3, -0.25) is 14.8 Å². The van der Waals surface area contributed by atoms with Gasteiger partial charge in [0.1, 0.15) is 0 Å². The van der Waals surface area contributed by atoms with Crippen LogP contribution in [0.25, 0.3) is 22.8 Å². The van der Waals surface area contributed by atoms with Crippen molar-refractivity contribution >= 4 is 0 Å². The molecule has 1 aliphatic rings. The first-order chi connectivity index (χ1) is 15.4. The zero-order valence-corrected chi connectivity index (χ0v) is 16.7. The fourth-order valence-electron chi connectivity index (χ4n) is 3.89. The molecule has 0 bridgehead atoms. The maximum atomic E-state index is 12.8. The maximum Gasteiger partial charge on any atom is 0.416 e. The van der Waals surface area contributed by atoms with Crippen LogP contribution in [0.1, 0.15) is 22.4 Å².